The fourth-order valence-corrected chi connectivity index (χ4v) is 4.14. The maximum atomic E-state index is 13.3. The summed E-state index contributed by atoms with van der Waals surface area (Å²) in [7, 11) is 1.50. The molecule has 0 aliphatic carbocycles. The predicted molar refractivity (Wildman–Crippen MR) is 136 cm³/mol. The number of amides is 3. The molecular weight excluding hydrogens is 477 g/mol. The number of nitrogens with zero attached hydrogens (tertiary/aromatic N) is 1. The number of halogens is 1. The van der Waals surface area contributed by atoms with Crippen molar-refractivity contribution in [2.75, 3.05) is 19.0 Å². The standard InChI is InChI=1S/C28H28FN3O5/c1-3-16-30-27(34)24-25(37-28(35)32(24)17-18-8-12-20(29)13-9-18)19-10-14-21(15-11-19)31-26(33)22-6-4-5-7-23(22)36-2/h4-15,24-25H,3,16-17H2,1-2H3,(H,30,34)(H,31,33). The molecule has 0 aromatic heterocycles. The van der Waals surface area contributed by atoms with Crippen LogP contribution in [-0.4, -0.2) is 42.5 Å². The summed E-state index contributed by atoms with van der Waals surface area (Å²) in [5.74, 6) is -0.606. The number of carbonyl (C=O) groups excluding carboxylic acids is 3. The van der Waals surface area contributed by atoms with Gasteiger partial charge in [-0.2, -0.15) is 0 Å². The van der Waals surface area contributed by atoms with Crippen LogP contribution in [0.4, 0.5) is 14.9 Å². The smallest absolute Gasteiger partial charge is 0.411 e. The van der Waals surface area contributed by atoms with Crippen molar-refractivity contribution in [3.05, 3.63) is 95.3 Å². The van der Waals surface area contributed by atoms with Gasteiger partial charge < -0.3 is 20.1 Å². The summed E-state index contributed by atoms with van der Waals surface area (Å²) in [5, 5.41) is 5.66. The number of hydrogen-bond acceptors (Lipinski definition) is 5. The Kier molecular flexibility index (Phi) is 8.02. The Hall–Kier alpha value is -4.40. The molecule has 3 aromatic rings. The van der Waals surface area contributed by atoms with Crippen LogP contribution in [0.3, 0.4) is 0 Å². The van der Waals surface area contributed by atoms with E-state index in [2.05, 4.69) is 10.6 Å². The molecular formula is C28H28FN3O5. The van der Waals surface area contributed by atoms with Crippen LogP contribution in [0.5, 0.6) is 5.75 Å². The number of para-hydroxylation sites is 1. The number of carbonyl (C=O) groups is 3. The highest BCUT2D eigenvalue weighted by Crippen LogP contribution is 2.34. The van der Waals surface area contributed by atoms with Gasteiger partial charge in [-0.15, -0.1) is 0 Å². The number of benzene rings is 3. The van der Waals surface area contributed by atoms with Crippen LogP contribution in [0.25, 0.3) is 0 Å². The fourth-order valence-electron chi connectivity index (χ4n) is 4.14. The van der Waals surface area contributed by atoms with E-state index in [1.165, 1.54) is 24.1 Å². The molecule has 1 heterocycles. The minimum atomic E-state index is -0.918. The lowest BCUT2D eigenvalue weighted by atomic mass is 10.00. The molecule has 9 heteroatoms. The first-order chi connectivity index (χ1) is 17.9. The molecule has 192 valence electrons. The Morgan fingerprint density at radius 3 is 2.41 bits per heavy atom. The van der Waals surface area contributed by atoms with E-state index < -0.39 is 18.2 Å². The molecule has 4 rings (SSSR count). The van der Waals surface area contributed by atoms with Gasteiger partial charge in [0.25, 0.3) is 5.91 Å². The Morgan fingerprint density at radius 2 is 1.73 bits per heavy atom. The Morgan fingerprint density at radius 1 is 1.03 bits per heavy atom. The lowest BCUT2D eigenvalue weighted by Gasteiger charge is -2.24. The second-order valence-electron chi connectivity index (χ2n) is 8.57. The average molecular weight is 506 g/mol. The summed E-state index contributed by atoms with van der Waals surface area (Å²) in [4.78, 5) is 40.0. The highest BCUT2D eigenvalue weighted by atomic mass is 19.1. The molecule has 0 saturated carbocycles. The van der Waals surface area contributed by atoms with Crippen molar-refractivity contribution in [1.82, 2.24) is 10.2 Å². The Bertz CT molecular complexity index is 1260. The van der Waals surface area contributed by atoms with Crippen molar-refractivity contribution >= 4 is 23.6 Å². The predicted octanol–water partition coefficient (Wildman–Crippen LogP) is 4.67. The normalized spacial score (nSPS) is 16.7. The Labute approximate surface area is 214 Å². The lowest BCUT2D eigenvalue weighted by molar-refractivity contribution is -0.126. The molecule has 0 spiro atoms. The molecule has 0 radical (unpaired) electrons. The van der Waals surface area contributed by atoms with Gasteiger partial charge in [-0.1, -0.05) is 43.3 Å². The third-order valence-corrected chi connectivity index (χ3v) is 6.02. The van der Waals surface area contributed by atoms with Gasteiger partial charge in [-0.3, -0.25) is 14.5 Å². The zero-order valence-electron chi connectivity index (χ0n) is 20.6. The highest BCUT2D eigenvalue weighted by molar-refractivity contribution is 6.06. The summed E-state index contributed by atoms with van der Waals surface area (Å²) in [6.45, 7) is 2.48. The third kappa shape index (κ3) is 5.88. The van der Waals surface area contributed by atoms with Gasteiger partial charge in [-0.25, -0.2) is 9.18 Å². The van der Waals surface area contributed by atoms with E-state index in [4.69, 9.17) is 9.47 Å². The minimum Gasteiger partial charge on any atom is -0.496 e. The average Bonchev–Trinajstić information content (AvgIpc) is 3.24. The van der Waals surface area contributed by atoms with Crippen LogP contribution in [-0.2, 0) is 16.1 Å². The SMILES string of the molecule is CCCNC(=O)C1C(c2ccc(NC(=O)c3ccccc3OC)cc2)OC(=O)N1Cc1ccc(F)cc1. The molecule has 2 N–H and O–H groups in total. The van der Waals surface area contributed by atoms with E-state index in [0.29, 0.717) is 34.7 Å². The molecule has 1 aliphatic heterocycles. The molecule has 1 fully saturated rings. The number of hydrogen-bond donors (Lipinski definition) is 2. The summed E-state index contributed by atoms with van der Waals surface area (Å²) >= 11 is 0. The van der Waals surface area contributed by atoms with Gasteiger partial charge in [-0.05, 0) is 53.9 Å². The number of cyclic esters (lactones) is 1. The van der Waals surface area contributed by atoms with E-state index in [9.17, 15) is 18.8 Å². The largest absolute Gasteiger partial charge is 0.496 e. The van der Waals surface area contributed by atoms with E-state index in [1.54, 1.807) is 60.7 Å². The number of rotatable bonds is 9. The van der Waals surface area contributed by atoms with Gasteiger partial charge >= 0.3 is 6.09 Å². The van der Waals surface area contributed by atoms with Crippen LogP contribution in [0, 0.1) is 5.82 Å². The van der Waals surface area contributed by atoms with Crippen LogP contribution in [0.2, 0.25) is 0 Å². The highest BCUT2D eigenvalue weighted by Gasteiger charge is 2.46. The first kappa shape index (κ1) is 25.7. The molecule has 8 nitrogen and oxygen atoms in total. The summed E-state index contributed by atoms with van der Waals surface area (Å²) < 4.78 is 24.2. The van der Waals surface area contributed by atoms with Crippen molar-refractivity contribution < 1.29 is 28.2 Å². The van der Waals surface area contributed by atoms with E-state index in [-0.39, 0.29) is 24.2 Å². The molecule has 3 amide bonds. The number of methoxy groups -OCH3 is 1. The Balaban J connectivity index is 1.54. The van der Waals surface area contributed by atoms with Crippen LogP contribution in [0.15, 0.2) is 72.8 Å². The second kappa shape index (κ2) is 11.6. The topological polar surface area (TPSA) is 97.0 Å². The molecule has 3 aromatic carbocycles. The minimum absolute atomic E-state index is 0.0902. The maximum Gasteiger partial charge on any atom is 0.411 e. The first-order valence-corrected chi connectivity index (χ1v) is 11.9. The molecule has 1 saturated heterocycles. The van der Waals surface area contributed by atoms with Crippen molar-refractivity contribution in [3.8, 4) is 5.75 Å². The molecule has 37 heavy (non-hydrogen) atoms. The van der Waals surface area contributed by atoms with E-state index in [1.807, 2.05) is 6.92 Å². The number of ether oxygens (including phenoxy) is 2. The van der Waals surface area contributed by atoms with E-state index >= 15 is 0 Å². The first-order valence-electron chi connectivity index (χ1n) is 11.9. The van der Waals surface area contributed by atoms with E-state index in [0.717, 1.165) is 6.42 Å². The number of anilines is 1. The third-order valence-electron chi connectivity index (χ3n) is 6.02. The zero-order chi connectivity index (χ0) is 26.4. The monoisotopic (exact) mass is 505 g/mol. The maximum absolute atomic E-state index is 13.3. The zero-order valence-corrected chi connectivity index (χ0v) is 20.6. The second-order valence-corrected chi connectivity index (χ2v) is 8.57. The molecule has 2 atom stereocenters. The summed E-state index contributed by atoms with van der Waals surface area (Å²) in [5.41, 5.74) is 2.19. The number of nitrogens with one attached hydrogen (secondary N) is 2. The van der Waals surface area contributed by atoms with Gasteiger partial charge in [0.05, 0.1) is 19.2 Å². The molecule has 1 aliphatic rings. The summed E-state index contributed by atoms with van der Waals surface area (Å²) in [6, 6.07) is 18.5. The quantitative estimate of drug-likeness (QED) is 0.440. The van der Waals surface area contributed by atoms with Gasteiger partial charge in [0.15, 0.2) is 12.1 Å². The fraction of sp³-hybridized carbons (Fsp3) is 0.250. The summed E-state index contributed by atoms with van der Waals surface area (Å²) in [6.07, 6.45) is -0.764. The van der Waals surface area contributed by atoms with Crippen LogP contribution < -0.4 is 15.4 Å². The van der Waals surface area contributed by atoms with Gasteiger partial charge in [0.1, 0.15) is 11.6 Å². The lowest BCUT2D eigenvalue weighted by Crippen LogP contribution is -2.46. The van der Waals surface area contributed by atoms with Gasteiger partial charge in [0, 0.05) is 12.2 Å². The van der Waals surface area contributed by atoms with Crippen LogP contribution >= 0.6 is 0 Å². The molecule has 0 bridgehead atoms. The van der Waals surface area contributed by atoms with Crippen molar-refractivity contribution in [2.45, 2.75) is 32.0 Å². The van der Waals surface area contributed by atoms with Crippen molar-refractivity contribution in [2.24, 2.45) is 0 Å². The van der Waals surface area contributed by atoms with Crippen molar-refractivity contribution in [1.29, 1.82) is 0 Å². The molecule has 2 unspecified atom stereocenters. The van der Waals surface area contributed by atoms with Crippen LogP contribution in [0.1, 0.15) is 40.9 Å². The van der Waals surface area contributed by atoms with Gasteiger partial charge in [0.2, 0.25) is 5.91 Å². The van der Waals surface area contributed by atoms with Crippen molar-refractivity contribution in [3.63, 3.8) is 0 Å².